The van der Waals surface area contributed by atoms with E-state index in [4.69, 9.17) is 9.47 Å². The highest BCUT2D eigenvalue weighted by molar-refractivity contribution is 6.02. The van der Waals surface area contributed by atoms with E-state index in [-0.39, 0.29) is 25.4 Å². The van der Waals surface area contributed by atoms with Crippen molar-refractivity contribution >= 4 is 17.7 Å². The molecule has 5 nitrogen and oxygen atoms in total. The summed E-state index contributed by atoms with van der Waals surface area (Å²) in [6, 6.07) is 0. The van der Waals surface area contributed by atoms with Gasteiger partial charge in [0, 0.05) is 6.42 Å². The molecule has 0 saturated heterocycles. The Morgan fingerprint density at radius 1 is 0.895 bits per heavy atom. The zero-order valence-corrected chi connectivity index (χ0v) is 12.2. The first kappa shape index (κ1) is 17.6. The summed E-state index contributed by atoms with van der Waals surface area (Å²) in [5.41, 5.74) is 0. The molecule has 0 aromatic heterocycles. The predicted octanol–water partition coefficient (Wildman–Crippen LogP) is 2.12. The summed E-state index contributed by atoms with van der Waals surface area (Å²) in [5.74, 6) is -3.17. The molecule has 0 saturated carbocycles. The fourth-order valence-corrected chi connectivity index (χ4v) is 1.95. The summed E-state index contributed by atoms with van der Waals surface area (Å²) in [7, 11) is 0. The molecular weight excluding hydrogens is 248 g/mol. The molecule has 0 aromatic carbocycles. The number of Topliss-reactive ketones (excluding diaryl/α,β-unsaturated/α-hetero) is 1. The topological polar surface area (TPSA) is 69.7 Å². The van der Waals surface area contributed by atoms with Gasteiger partial charge in [0.25, 0.3) is 0 Å². The highest BCUT2D eigenvalue weighted by atomic mass is 16.5. The van der Waals surface area contributed by atoms with Crippen LogP contribution in [0.5, 0.6) is 0 Å². The van der Waals surface area contributed by atoms with Crippen LogP contribution in [0.15, 0.2) is 0 Å². The molecule has 2 atom stereocenters. The molecule has 0 radical (unpaired) electrons. The zero-order chi connectivity index (χ0) is 14.8. The molecule has 0 aliphatic carbocycles. The van der Waals surface area contributed by atoms with Crippen molar-refractivity contribution in [3.63, 3.8) is 0 Å². The Labute approximate surface area is 114 Å². The van der Waals surface area contributed by atoms with E-state index in [9.17, 15) is 14.4 Å². The van der Waals surface area contributed by atoms with Crippen molar-refractivity contribution in [2.45, 2.75) is 47.0 Å². The summed E-state index contributed by atoms with van der Waals surface area (Å²) in [6.45, 7) is 7.35. The molecule has 0 spiro atoms. The largest absolute Gasteiger partial charge is 0.466 e. The third kappa shape index (κ3) is 5.41. The van der Waals surface area contributed by atoms with Gasteiger partial charge < -0.3 is 9.47 Å². The van der Waals surface area contributed by atoms with Crippen molar-refractivity contribution in [3.8, 4) is 0 Å². The second-order valence-corrected chi connectivity index (χ2v) is 4.20. The van der Waals surface area contributed by atoms with Crippen molar-refractivity contribution in [2.24, 2.45) is 11.8 Å². The van der Waals surface area contributed by atoms with Crippen LogP contribution in [0.3, 0.4) is 0 Å². The van der Waals surface area contributed by atoms with Gasteiger partial charge in [-0.3, -0.25) is 14.4 Å². The Bertz CT molecular complexity index is 311. The molecule has 0 aliphatic rings. The van der Waals surface area contributed by atoms with E-state index in [1.54, 1.807) is 20.8 Å². The van der Waals surface area contributed by atoms with Crippen LogP contribution >= 0.6 is 0 Å². The standard InChI is InChI=1S/C14H24O5/c1-5-9-10(13(16)18-7-3)12(11(15)6-2)14(17)19-8-4/h10,12H,5-9H2,1-4H3. The number of hydrogen-bond acceptors (Lipinski definition) is 5. The van der Waals surface area contributed by atoms with Crippen molar-refractivity contribution in [1.29, 1.82) is 0 Å². The van der Waals surface area contributed by atoms with Gasteiger partial charge in [-0.05, 0) is 20.3 Å². The molecule has 5 heteroatoms. The highest BCUT2D eigenvalue weighted by Gasteiger charge is 2.39. The molecule has 0 fully saturated rings. The van der Waals surface area contributed by atoms with Crippen LogP contribution in [0.25, 0.3) is 0 Å². The van der Waals surface area contributed by atoms with Crippen molar-refractivity contribution in [2.75, 3.05) is 13.2 Å². The van der Waals surface area contributed by atoms with Crippen LogP contribution in [0.2, 0.25) is 0 Å². The van der Waals surface area contributed by atoms with Crippen molar-refractivity contribution in [3.05, 3.63) is 0 Å². The second kappa shape index (κ2) is 9.53. The lowest BCUT2D eigenvalue weighted by atomic mass is 9.84. The predicted molar refractivity (Wildman–Crippen MR) is 70.5 cm³/mol. The van der Waals surface area contributed by atoms with Crippen molar-refractivity contribution in [1.82, 2.24) is 0 Å². The molecule has 0 heterocycles. The number of carbonyl (C=O) groups excluding carboxylic acids is 3. The maximum atomic E-state index is 11.9. The number of ether oxygens (including phenoxy) is 2. The van der Waals surface area contributed by atoms with Gasteiger partial charge in [0.2, 0.25) is 0 Å². The highest BCUT2D eigenvalue weighted by Crippen LogP contribution is 2.23. The fourth-order valence-electron chi connectivity index (χ4n) is 1.95. The lowest BCUT2D eigenvalue weighted by molar-refractivity contribution is -0.163. The third-order valence-electron chi connectivity index (χ3n) is 2.83. The van der Waals surface area contributed by atoms with Crippen LogP contribution in [0.1, 0.15) is 47.0 Å². The van der Waals surface area contributed by atoms with E-state index >= 15 is 0 Å². The summed E-state index contributed by atoms with van der Waals surface area (Å²) in [5, 5.41) is 0. The Morgan fingerprint density at radius 2 is 1.42 bits per heavy atom. The van der Waals surface area contributed by atoms with Gasteiger partial charge in [0.05, 0.1) is 19.1 Å². The smallest absolute Gasteiger partial charge is 0.317 e. The van der Waals surface area contributed by atoms with Crippen molar-refractivity contribution < 1.29 is 23.9 Å². The second-order valence-electron chi connectivity index (χ2n) is 4.20. The molecule has 0 aromatic rings. The average Bonchev–Trinajstić information content (AvgIpc) is 2.38. The maximum Gasteiger partial charge on any atom is 0.317 e. The maximum absolute atomic E-state index is 11.9. The monoisotopic (exact) mass is 272 g/mol. The molecule has 0 rings (SSSR count). The molecule has 0 aliphatic heterocycles. The third-order valence-corrected chi connectivity index (χ3v) is 2.83. The van der Waals surface area contributed by atoms with Gasteiger partial charge in [0.1, 0.15) is 11.7 Å². The average molecular weight is 272 g/mol. The number of esters is 2. The molecule has 0 N–H and O–H groups in total. The van der Waals surface area contributed by atoms with Gasteiger partial charge in [-0.15, -0.1) is 0 Å². The van der Waals surface area contributed by atoms with E-state index in [0.29, 0.717) is 12.8 Å². The van der Waals surface area contributed by atoms with E-state index in [2.05, 4.69) is 0 Å². The van der Waals surface area contributed by atoms with Crippen LogP contribution < -0.4 is 0 Å². The Kier molecular flexibility index (Phi) is 8.83. The zero-order valence-electron chi connectivity index (χ0n) is 12.2. The Balaban J connectivity index is 5.17. The van der Waals surface area contributed by atoms with Gasteiger partial charge in [-0.1, -0.05) is 20.3 Å². The SMILES string of the molecule is CCCC(C(=O)OCC)C(C(=O)CC)C(=O)OCC. The first-order chi connectivity index (χ1) is 9.03. The summed E-state index contributed by atoms with van der Waals surface area (Å²) in [4.78, 5) is 35.8. The molecule has 0 bridgehead atoms. The quantitative estimate of drug-likeness (QED) is 0.475. The minimum Gasteiger partial charge on any atom is -0.466 e. The van der Waals surface area contributed by atoms with Crippen LogP contribution in [-0.4, -0.2) is 30.9 Å². The molecule has 19 heavy (non-hydrogen) atoms. The van der Waals surface area contributed by atoms with E-state index < -0.39 is 23.8 Å². The molecule has 2 unspecified atom stereocenters. The Morgan fingerprint density at radius 3 is 1.84 bits per heavy atom. The number of rotatable bonds is 9. The van der Waals surface area contributed by atoms with Crippen LogP contribution in [-0.2, 0) is 23.9 Å². The Hall–Kier alpha value is -1.39. The normalized spacial score (nSPS) is 13.5. The van der Waals surface area contributed by atoms with Gasteiger partial charge in [0.15, 0.2) is 0 Å². The number of ketones is 1. The first-order valence-electron chi connectivity index (χ1n) is 6.89. The van der Waals surface area contributed by atoms with Gasteiger partial charge in [-0.2, -0.15) is 0 Å². The lowest BCUT2D eigenvalue weighted by Crippen LogP contribution is -2.37. The van der Waals surface area contributed by atoms with E-state index in [1.807, 2.05) is 6.92 Å². The minimum absolute atomic E-state index is 0.188. The number of hydrogen-bond donors (Lipinski definition) is 0. The fraction of sp³-hybridized carbons (Fsp3) is 0.786. The molecule has 110 valence electrons. The summed E-state index contributed by atoms with van der Waals surface area (Å²) >= 11 is 0. The van der Waals surface area contributed by atoms with Crippen LogP contribution in [0.4, 0.5) is 0 Å². The van der Waals surface area contributed by atoms with E-state index in [1.165, 1.54) is 0 Å². The number of carbonyl (C=O) groups is 3. The van der Waals surface area contributed by atoms with Crippen LogP contribution in [0, 0.1) is 11.8 Å². The minimum atomic E-state index is -1.04. The first-order valence-corrected chi connectivity index (χ1v) is 6.89. The summed E-state index contributed by atoms with van der Waals surface area (Å²) < 4.78 is 9.88. The van der Waals surface area contributed by atoms with E-state index in [0.717, 1.165) is 0 Å². The summed E-state index contributed by atoms with van der Waals surface area (Å²) in [6.07, 6.45) is 1.33. The molecular formula is C14H24O5. The van der Waals surface area contributed by atoms with Gasteiger partial charge in [-0.25, -0.2) is 0 Å². The molecule has 0 amide bonds. The van der Waals surface area contributed by atoms with Gasteiger partial charge >= 0.3 is 11.9 Å². The lowest BCUT2D eigenvalue weighted by Gasteiger charge is -2.22.